The molecule has 0 atom stereocenters. The first kappa shape index (κ1) is 28.3. The average molecular weight is 622 g/mol. The van der Waals surface area contributed by atoms with Gasteiger partial charge in [-0.05, 0) is 67.6 Å². The monoisotopic (exact) mass is 621 g/mol. The SMILES string of the molecule is N#Cc1ccc(-c2ccc(-c3c4ccccc4c(-c4ccccc4)c4ccccc34)cc2)c(C#N)c1-n1c2ccccc2c2ccccc21. The van der Waals surface area contributed by atoms with E-state index in [1.807, 2.05) is 36.4 Å². The molecule has 0 saturated heterocycles. The Labute approximate surface area is 283 Å². The summed E-state index contributed by atoms with van der Waals surface area (Å²) in [6.45, 7) is 0. The van der Waals surface area contributed by atoms with Gasteiger partial charge in [-0.2, -0.15) is 10.5 Å². The van der Waals surface area contributed by atoms with E-state index in [0.717, 1.165) is 38.5 Å². The Morgan fingerprint density at radius 1 is 0.367 bits per heavy atom. The molecule has 0 aliphatic carbocycles. The Hall–Kier alpha value is -6.94. The van der Waals surface area contributed by atoms with Crippen LogP contribution in [-0.4, -0.2) is 4.57 Å². The largest absolute Gasteiger partial charge is 0.307 e. The molecule has 0 amide bonds. The van der Waals surface area contributed by atoms with Crippen molar-refractivity contribution in [2.45, 2.75) is 0 Å². The molecule has 49 heavy (non-hydrogen) atoms. The lowest BCUT2D eigenvalue weighted by Crippen LogP contribution is -2.03. The first-order valence-electron chi connectivity index (χ1n) is 16.3. The normalized spacial score (nSPS) is 11.2. The van der Waals surface area contributed by atoms with Gasteiger partial charge in [0, 0.05) is 16.3 Å². The number of hydrogen-bond donors (Lipinski definition) is 0. The molecule has 0 saturated carbocycles. The predicted octanol–water partition coefficient (Wildman–Crippen LogP) is 11.8. The van der Waals surface area contributed by atoms with E-state index in [0.29, 0.717) is 16.8 Å². The lowest BCUT2D eigenvalue weighted by molar-refractivity contribution is 1.16. The molecule has 0 spiro atoms. The van der Waals surface area contributed by atoms with Crippen LogP contribution in [0.25, 0.3) is 82.4 Å². The van der Waals surface area contributed by atoms with Gasteiger partial charge < -0.3 is 4.57 Å². The summed E-state index contributed by atoms with van der Waals surface area (Å²) in [5.41, 5.74) is 9.89. The summed E-state index contributed by atoms with van der Waals surface area (Å²) in [6.07, 6.45) is 0. The van der Waals surface area contributed by atoms with Crippen molar-refractivity contribution >= 4 is 43.4 Å². The second kappa shape index (κ2) is 11.4. The first-order chi connectivity index (χ1) is 24.3. The summed E-state index contributed by atoms with van der Waals surface area (Å²) < 4.78 is 2.08. The number of hydrogen-bond acceptors (Lipinski definition) is 2. The van der Waals surface area contributed by atoms with Crippen molar-refractivity contribution in [3.63, 3.8) is 0 Å². The van der Waals surface area contributed by atoms with Crippen molar-refractivity contribution in [2.75, 3.05) is 0 Å². The Bertz CT molecular complexity index is 2720. The Balaban J connectivity index is 1.25. The van der Waals surface area contributed by atoms with E-state index >= 15 is 0 Å². The Morgan fingerprint density at radius 2 is 0.796 bits per heavy atom. The van der Waals surface area contributed by atoms with Crippen LogP contribution in [0, 0.1) is 22.7 Å². The number of rotatable bonds is 4. The molecule has 0 unspecified atom stereocenters. The van der Waals surface area contributed by atoms with Crippen molar-refractivity contribution < 1.29 is 0 Å². The number of para-hydroxylation sites is 2. The fraction of sp³-hybridized carbons (Fsp3) is 0. The fourth-order valence-corrected chi connectivity index (χ4v) is 7.60. The molecule has 9 rings (SSSR count). The molecular weight excluding hydrogens is 595 g/mol. The van der Waals surface area contributed by atoms with E-state index in [4.69, 9.17) is 0 Å². The summed E-state index contributed by atoms with van der Waals surface area (Å²) >= 11 is 0. The quantitative estimate of drug-likeness (QED) is 0.184. The summed E-state index contributed by atoms with van der Waals surface area (Å²) in [7, 11) is 0. The van der Waals surface area contributed by atoms with Crippen LogP contribution < -0.4 is 0 Å². The van der Waals surface area contributed by atoms with Crippen LogP contribution in [0.15, 0.2) is 164 Å². The van der Waals surface area contributed by atoms with Crippen molar-refractivity contribution in [2.24, 2.45) is 0 Å². The zero-order valence-electron chi connectivity index (χ0n) is 26.4. The summed E-state index contributed by atoms with van der Waals surface area (Å²) in [6, 6.07) is 61.4. The second-order valence-corrected chi connectivity index (χ2v) is 12.3. The van der Waals surface area contributed by atoms with Gasteiger partial charge in [-0.25, -0.2) is 0 Å². The van der Waals surface area contributed by atoms with Crippen molar-refractivity contribution in [1.29, 1.82) is 10.5 Å². The molecule has 226 valence electrons. The van der Waals surface area contributed by atoms with E-state index in [2.05, 4.69) is 144 Å². The van der Waals surface area contributed by atoms with Crippen LogP contribution in [0.2, 0.25) is 0 Å². The number of fused-ring (bicyclic) bond motifs is 5. The predicted molar refractivity (Wildman–Crippen MR) is 202 cm³/mol. The van der Waals surface area contributed by atoms with Crippen LogP contribution in [0.5, 0.6) is 0 Å². The summed E-state index contributed by atoms with van der Waals surface area (Å²) in [5.74, 6) is 0. The molecule has 0 aliphatic rings. The number of nitrogens with zero attached hydrogens (tertiary/aromatic N) is 3. The Kier molecular flexibility index (Phi) is 6.58. The van der Waals surface area contributed by atoms with Crippen LogP contribution in [0.3, 0.4) is 0 Å². The van der Waals surface area contributed by atoms with Gasteiger partial charge in [0.2, 0.25) is 0 Å². The topological polar surface area (TPSA) is 52.5 Å². The number of benzene rings is 8. The lowest BCUT2D eigenvalue weighted by atomic mass is 9.85. The van der Waals surface area contributed by atoms with Crippen molar-refractivity contribution in [3.05, 3.63) is 175 Å². The van der Waals surface area contributed by atoms with E-state index in [9.17, 15) is 10.5 Å². The maximum Gasteiger partial charge on any atom is 0.102 e. The third kappa shape index (κ3) is 4.35. The fourth-order valence-electron chi connectivity index (χ4n) is 7.60. The molecule has 1 heterocycles. The maximum absolute atomic E-state index is 10.7. The van der Waals surface area contributed by atoms with Gasteiger partial charge >= 0.3 is 0 Å². The van der Waals surface area contributed by atoms with E-state index in [-0.39, 0.29) is 0 Å². The molecule has 0 N–H and O–H groups in total. The minimum absolute atomic E-state index is 0.458. The van der Waals surface area contributed by atoms with E-state index < -0.39 is 0 Å². The third-order valence-electron chi connectivity index (χ3n) is 9.69. The molecule has 0 aliphatic heterocycles. The zero-order chi connectivity index (χ0) is 32.9. The number of nitriles is 2. The molecule has 1 aromatic heterocycles. The van der Waals surface area contributed by atoms with Gasteiger partial charge in [-0.15, -0.1) is 0 Å². The molecule has 3 heteroatoms. The molecule has 0 fully saturated rings. The summed E-state index contributed by atoms with van der Waals surface area (Å²) in [5, 5.41) is 28.0. The van der Waals surface area contributed by atoms with Crippen LogP contribution in [0.4, 0.5) is 0 Å². The standard InChI is InChI=1S/C46H27N3/c47-28-33-26-27-34(41(29-48)46(33)49-42-20-10-8-14-35(42)36-15-9-11-21-43(36)49)30-22-24-32(25-23-30)45-39-18-6-4-16-37(39)44(31-12-2-1-3-13-31)38-17-5-7-19-40(38)45/h1-27H. The van der Waals surface area contributed by atoms with E-state index in [1.54, 1.807) is 0 Å². The molecular formula is C46H27N3. The third-order valence-corrected chi connectivity index (χ3v) is 9.69. The molecule has 0 bridgehead atoms. The van der Waals surface area contributed by atoms with Gasteiger partial charge in [-0.1, -0.05) is 146 Å². The van der Waals surface area contributed by atoms with Gasteiger partial charge in [0.1, 0.15) is 12.1 Å². The minimum atomic E-state index is 0.458. The van der Waals surface area contributed by atoms with Crippen LogP contribution in [-0.2, 0) is 0 Å². The van der Waals surface area contributed by atoms with Gasteiger partial charge in [0.05, 0.1) is 27.8 Å². The highest BCUT2D eigenvalue weighted by Gasteiger charge is 2.22. The molecule has 3 nitrogen and oxygen atoms in total. The van der Waals surface area contributed by atoms with Gasteiger partial charge in [-0.3, -0.25) is 0 Å². The van der Waals surface area contributed by atoms with Gasteiger partial charge in [0.15, 0.2) is 0 Å². The highest BCUT2D eigenvalue weighted by molar-refractivity contribution is 6.21. The van der Waals surface area contributed by atoms with Crippen LogP contribution >= 0.6 is 0 Å². The highest BCUT2D eigenvalue weighted by Crippen LogP contribution is 2.44. The maximum atomic E-state index is 10.7. The van der Waals surface area contributed by atoms with Crippen LogP contribution in [0.1, 0.15) is 11.1 Å². The minimum Gasteiger partial charge on any atom is -0.307 e. The molecule has 8 aromatic carbocycles. The molecule has 9 aromatic rings. The first-order valence-corrected chi connectivity index (χ1v) is 16.3. The van der Waals surface area contributed by atoms with Gasteiger partial charge in [0.25, 0.3) is 0 Å². The average Bonchev–Trinajstić information content (AvgIpc) is 3.50. The summed E-state index contributed by atoms with van der Waals surface area (Å²) in [4.78, 5) is 0. The molecule has 0 radical (unpaired) electrons. The number of aromatic nitrogens is 1. The van der Waals surface area contributed by atoms with Crippen molar-refractivity contribution in [1.82, 2.24) is 4.57 Å². The second-order valence-electron chi connectivity index (χ2n) is 12.3. The highest BCUT2D eigenvalue weighted by atomic mass is 15.0. The van der Waals surface area contributed by atoms with Crippen molar-refractivity contribution in [3.8, 4) is 51.2 Å². The van der Waals surface area contributed by atoms with E-state index in [1.165, 1.54) is 38.2 Å². The smallest absolute Gasteiger partial charge is 0.102 e. The lowest BCUT2D eigenvalue weighted by Gasteiger charge is -2.18. The Morgan fingerprint density at radius 3 is 1.29 bits per heavy atom. The zero-order valence-corrected chi connectivity index (χ0v) is 26.4.